The molecular formula is C27H45NO5. The van der Waals surface area contributed by atoms with E-state index in [1.165, 1.54) is 6.26 Å². The molecule has 6 heteroatoms. The highest BCUT2D eigenvalue weighted by atomic mass is 16.5. The van der Waals surface area contributed by atoms with Crippen molar-refractivity contribution in [2.24, 2.45) is 17.8 Å². The summed E-state index contributed by atoms with van der Waals surface area (Å²) >= 11 is 0. The number of benzene rings is 1. The first-order valence-electron chi connectivity index (χ1n) is 12.1. The Morgan fingerprint density at radius 2 is 1.61 bits per heavy atom. The summed E-state index contributed by atoms with van der Waals surface area (Å²) in [7, 11) is 1.65. The number of aliphatic hydroxyl groups excluding tert-OH is 1. The number of hydrogen-bond donors (Lipinski definition) is 1. The van der Waals surface area contributed by atoms with E-state index < -0.39 is 6.10 Å². The normalized spacial score (nSPS) is 16.5. The highest BCUT2D eigenvalue weighted by Gasteiger charge is 2.31. The third-order valence-corrected chi connectivity index (χ3v) is 6.28. The van der Waals surface area contributed by atoms with Crippen LogP contribution in [0.4, 0.5) is 4.79 Å². The molecule has 1 amide bonds. The topological polar surface area (TPSA) is 68.2 Å². The van der Waals surface area contributed by atoms with Crippen LogP contribution in [0.5, 0.6) is 5.75 Å². The van der Waals surface area contributed by atoms with E-state index in [9.17, 15) is 9.90 Å². The van der Waals surface area contributed by atoms with Gasteiger partial charge in [0.05, 0.1) is 32.2 Å². The van der Waals surface area contributed by atoms with E-state index in [0.717, 1.165) is 17.7 Å². The monoisotopic (exact) mass is 463 g/mol. The Labute approximate surface area is 200 Å². The molecule has 6 nitrogen and oxygen atoms in total. The van der Waals surface area contributed by atoms with Crippen molar-refractivity contribution in [1.29, 1.82) is 0 Å². The van der Waals surface area contributed by atoms with Crippen molar-refractivity contribution < 1.29 is 24.1 Å². The minimum Gasteiger partial charge on any atom is -0.497 e. The van der Waals surface area contributed by atoms with Gasteiger partial charge in [-0.25, -0.2) is 4.79 Å². The van der Waals surface area contributed by atoms with Crippen LogP contribution >= 0.6 is 0 Å². The Morgan fingerprint density at radius 3 is 2.09 bits per heavy atom. The van der Waals surface area contributed by atoms with Gasteiger partial charge in [-0.2, -0.15) is 0 Å². The molecule has 1 rings (SSSR count). The molecule has 1 N–H and O–H groups in total. The second-order valence-electron chi connectivity index (χ2n) is 9.53. The van der Waals surface area contributed by atoms with Gasteiger partial charge in [-0.3, -0.25) is 0 Å². The fraction of sp³-hybridized carbons (Fsp3) is 0.667. The van der Waals surface area contributed by atoms with Crippen LogP contribution in [0.1, 0.15) is 67.4 Å². The Bertz CT molecular complexity index is 708. The maximum absolute atomic E-state index is 12.4. The second kappa shape index (κ2) is 14.3. The van der Waals surface area contributed by atoms with Gasteiger partial charge in [0.15, 0.2) is 0 Å². The minimum absolute atomic E-state index is 0.0491. The second-order valence-corrected chi connectivity index (χ2v) is 9.53. The molecule has 33 heavy (non-hydrogen) atoms. The first-order valence-corrected chi connectivity index (χ1v) is 12.1. The summed E-state index contributed by atoms with van der Waals surface area (Å²) in [5.74, 6) is 0.798. The SMILES string of the molecule is CC[C@@H](C)[C@@H](OCc1ccc(OC)cc1)[C@H](C)[C@@H](O)[C@@H](C)/C=C\OC(=O)N(C(C)C)C(C)C. The van der Waals surface area contributed by atoms with E-state index in [1.807, 2.05) is 65.8 Å². The zero-order valence-electron chi connectivity index (χ0n) is 21.9. The average Bonchev–Trinajstić information content (AvgIpc) is 2.77. The summed E-state index contributed by atoms with van der Waals surface area (Å²) in [5.41, 5.74) is 1.06. The van der Waals surface area contributed by atoms with Gasteiger partial charge >= 0.3 is 6.09 Å². The number of methoxy groups -OCH3 is 1. The largest absolute Gasteiger partial charge is 0.497 e. The molecule has 0 heterocycles. The van der Waals surface area contributed by atoms with Crippen molar-refractivity contribution in [2.45, 2.75) is 92.7 Å². The molecule has 1 aromatic carbocycles. The van der Waals surface area contributed by atoms with E-state index >= 15 is 0 Å². The van der Waals surface area contributed by atoms with Crippen molar-refractivity contribution in [3.05, 3.63) is 42.2 Å². The van der Waals surface area contributed by atoms with E-state index in [1.54, 1.807) is 18.1 Å². The fourth-order valence-corrected chi connectivity index (χ4v) is 4.07. The summed E-state index contributed by atoms with van der Waals surface area (Å²) in [6.45, 7) is 16.5. The number of nitrogens with zero attached hydrogens (tertiary/aromatic N) is 1. The van der Waals surface area contributed by atoms with Gasteiger partial charge in [0.2, 0.25) is 0 Å². The van der Waals surface area contributed by atoms with Crippen LogP contribution < -0.4 is 4.74 Å². The Hall–Kier alpha value is -2.05. The van der Waals surface area contributed by atoms with Crippen LogP contribution in [0.3, 0.4) is 0 Å². The third kappa shape index (κ3) is 9.01. The zero-order valence-corrected chi connectivity index (χ0v) is 21.9. The van der Waals surface area contributed by atoms with Crippen molar-refractivity contribution in [3.63, 3.8) is 0 Å². The van der Waals surface area contributed by atoms with Crippen molar-refractivity contribution in [3.8, 4) is 5.75 Å². The minimum atomic E-state index is -0.638. The number of hydrogen-bond acceptors (Lipinski definition) is 5. The summed E-state index contributed by atoms with van der Waals surface area (Å²) in [6.07, 6.45) is 2.97. The Balaban J connectivity index is 2.76. The number of amides is 1. The first kappa shape index (κ1) is 29.0. The van der Waals surface area contributed by atoms with Gasteiger partial charge in [-0.1, -0.05) is 46.2 Å². The molecule has 0 aliphatic heterocycles. The molecule has 0 saturated heterocycles. The maximum Gasteiger partial charge on any atom is 0.415 e. The van der Waals surface area contributed by atoms with Crippen LogP contribution in [0.15, 0.2) is 36.6 Å². The summed E-state index contributed by atoms with van der Waals surface area (Å²) < 4.78 is 16.8. The Morgan fingerprint density at radius 1 is 1.03 bits per heavy atom. The molecule has 0 aliphatic carbocycles. The molecule has 0 radical (unpaired) electrons. The van der Waals surface area contributed by atoms with Crippen molar-refractivity contribution >= 4 is 6.09 Å². The molecule has 0 fully saturated rings. The van der Waals surface area contributed by atoms with Gasteiger partial charge in [-0.15, -0.1) is 0 Å². The highest BCUT2D eigenvalue weighted by molar-refractivity contribution is 5.68. The average molecular weight is 464 g/mol. The lowest BCUT2D eigenvalue weighted by atomic mass is 9.83. The molecule has 0 aromatic heterocycles. The van der Waals surface area contributed by atoms with Crippen LogP contribution in [-0.2, 0) is 16.1 Å². The van der Waals surface area contributed by atoms with Gasteiger partial charge < -0.3 is 24.2 Å². The van der Waals surface area contributed by atoms with E-state index in [2.05, 4.69) is 13.8 Å². The number of carbonyl (C=O) groups is 1. The summed E-state index contributed by atoms with van der Waals surface area (Å²) in [5, 5.41) is 11.0. The molecule has 0 spiro atoms. The standard InChI is InChI=1S/C27H45NO5/c1-10-20(6)26(33-17-23-11-13-24(31-9)14-12-23)22(8)25(29)21(7)15-16-32-27(30)28(18(2)3)19(4)5/h11-16,18-22,25-26,29H,10,17H2,1-9H3/b16-15-/t20-,21+,22-,25+,26-/m1/s1. The Kier molecular flexibility index (Phi) is 12.5. The predicted molar refractivity (Wildman–Crippen MR) is 133 cm³/mol. The summed E-state index contributed by atoms with van der Waals surface area (Å²) in [6, 6.07) is 7.92. The molecule has 0 unspecified atom stereocenters. The van der Waals surface area contributed by atoms with Gasteiger partial charge in [0.25, 0.3) is 0 Å². The van der Waals surface area contributed by atoms with Crippen LogP contribution in [0.25, 0.3) is 0 Å². The molecule has 5 atom stereocenters. The molecule has 188 valence electrons. The summed E-state index contributed by atoms with van der Waals surface area (Å²) in [4.78, 5) is 14.1. The lowest BCUT2D eigenvalue weighted by molar-refractivity contribution is -0.0732. The fourth-order valence-electron chi connectivity index (χ4n) is 4.07. The first-order chi connectivity index (χ1) is 15.5. The molecule has 0 bridgehead atoms. The lowest BCUT2D eigenvalue weighted by Crippen LogP contribution is -2.41. The molecular weight excluding hydrogens is 418 g/mol. The molecule has 0 saturated carbocycles. The number of aliphatic hydroxyl groups is 1. The predicted octanol–water partition coefficient (Wildman–Crippen LogP) is 6.03. The maximum atomic E-state index is 12.4. The van der Waals surface area contributed by atoms with Gasteiger partial charge in [0, 0.05) is 23.9 Å². The molecule has 1 aromatic rings. The van der Waals surface area contributed by atoms with Crippen LogP contribution in [0, 0.1) is 17.8 Å². The van der Waals surface area contributed by atoms with Gasteiger partial charge in [-0.05, 0) is 57.4 Å². The lowest BCUT2D eigenvalue weighted by Gasteiger charge is -2.34. The third-order valence-electron chi connectivity index (χ3n) is 6.28. The zero-order chi connectivity index (χ0) is 25.1. The smallest absolute Gasteiger partial charge is 0.415 e. The van der Waals surface area contributed by atoms with E-state index in [4.69, 9.17) is 14.2 Å². The van der Waals surface area contributed by atoms with Crippen LogP contribution in [0.2, 0.25) is 0 Å². The van der Waals surface area contributed by atoms with Gasteiger partial charge in [0.1, 0.15) is 5.75 Å². The number of carbonyl (C=O) groups excluding carboxylic acids is 1. The number of ether oxygens (including phenoxy) is 3. The van der Waals surface area contributed by atoms with Crippen LogP contribution in [-0.4, -0.2) is 47.5 Å². The van der Waals surface area contributed by atoms with Crippen molar-refractivity contribution in [1.82, 2.24) is 4.90 Å². The van der Waals surface area contributed by atoms with E-state index in [0.29, 0.717) is 6.61 Å². The quantitative estimate of drug-likeness (QED) is 0.362. The van der Waals surface area contributed by atoms with Crippen molar-refractivity contribution in [2.75, 3.05) is 7.11 Å². The molecule has 0 aliphatic rings. The number of rotatable bonds is 13. The van der Waals surface area contributed by atoms with E-state index in [-0.39, 0.29) is 42.0 Å². The highest BCUT2D eigenvalue weighted by Crippen LogP contribution is 2.27.